The van der Waals surface area contributed by atoms with Crippen LogP contribution >= 0.6 is 0 Å². The number of amides is 1. The predicted molar refractivity (Wildman–Crippen MR) is 83.1 cm³/mol. The van der Waals surface area contributed by atoms with E-state index in [2.05, 4.69) is 36.1 Å². The van der Waals surface area contributed by atoms with E-state index in [1.54, 1.807) is 4.90 Å². The van der Waals surface area contributed by atoms with Crippen molar-refractivity contribution in [1.29, 1.82) is 0 Å². The third-order valence-electron chi connectivity index (χ3n) is 3.97. The van der Waals surface area contributed by atoms with E-state index in [1.807, 2.05) is 6.92 Å². The Labute approximate surface area is 126 Å². The summed E-state index contributed by atoms with van der Waals surface area (Å²) in [5, 5.41) is 0. The Morgan fingerprint density at radius 3 is 2.38 bits per heavy atom. The molecule has 0 bridgehead atoms. The van der Waals surface area contributed by atoms with Gasteiger partial charge in [-0.15, -0.1) is 0 Å². The minimum atomic E-state index is -0.211. The van der Waals surface area contributed by atoms with E-state index in [0.29, 0.717) is 26.2 Å². The number of benzene rings is 1. The van der Waals surface area contributed by atoms with Gasteiger partial charge in [0.05, 0.1) is 6.61 Å². The average molecular weight is 291 g/mol. The molecule has 0 saturated carbocycles. The lowest BCUT2D eigenvalue weighted by molar-refractivity contribution is 0.0671. The molecule has 2 N–H and O–H groups in total. The van der Waals surface area contributed by atoms with Gasteiger partial charge in [0.1, 0.15) is 0 Å². The molecule has 1 unspecified atom stereocenters. The molecule has 1 atom stereocenters. The first-order valence-corrected chi connectivity index (χ1v) is 7.58. The van der Waals surface area contributed by atoms with Crippen LogP contribution in [0.25, 0.3) is 0 Å². The second kappa shape index (κ2) is 7.43. The first kappa shape index (κ1) is 15.8. The Hall–Kier alpha value is -1.59. The molecule has 1 aromatic carbocycles. The van der Waals surface area contributed by atoms with Crippen molar-refractivity contribution in [3.05, 3.63) is 35.4 Å². The van der Waals surface area contributed by atoms with Crippen LogP contribution in [-0.2, 0) is 4.74 Å². The number of nitrogens with two attached hydrogens (primary N) is 1. The minimum Gasteiger partial charge on any atom is -0.450 e. The van der Waals surface area contributed by atoms with Crippen LogP contribution in [0, 0.1) is 6.92 Å². The first-order chi connectivity index (χ1) is 10.2. The number of carbonyl (C=O) groups excluding carboxylic acids is 1. The Morgan fingerprint density at radius 2 is 1.86 bits per heavy atom. The van der Waals surface area contributed by atoms with Gasteiger partial charge in [-0.1, -0.05) is 29.8 Å². The molecule has 0 aromatic heterocycles. The van der Waals surface area contributed by atoms with Crippen molar-refractivity contribution in [2.45, 2.75) is 19.9 Å². The van der Waals surface area contributed by atoms with E-state index >= 15 is 0 Å². The number of piperazine rings is 1. The lowest BCUT2D eigenvalue weighted by Crippen LogP contribution is -2.50. The number of nitrogens with zero attached hydrogens (tertiary/aromatic N) is 2. The van der Waals surface area contributed by atoms with E-state index in [-0.39, 0.29) is 12.1 Å². The van der Waals surface area contributed by atoms with E-state index < -0.39 is 0 Å². The molecule has 2 rings (SSSR count). The predicted octanol–water partition coefficient (Wildman–Crippen LogP) is 1.77. The van der Waals surface area contributed by atoms with Crippen molar-refractivity contribution >= 4 is 6.09 Å². The molecule has 21 heavy (non-hydrogen) atoms. The van der Waals surface area contributed by atoms with Crippen molar-refractivity contribution in [1.82, 2.24) is 9.80 Å². The van der Waals surface area contributed by atoms with Gasteiger partial charge >= 0.3 is 6.09 Å². The van der Waals surface area contributed by atoms with Crippen molar-refractivity contribution in [2.24, 2.45) is 5.73 Å². The standard InChI is InChI=1S/C16H25N3O2/c1-3-21-16(20)19-10-8-18(9-11-19)15(12-17)14-6-4-13(2)5-7-14/h4-7,15H,3,8-12,17H2,1-2H3. The summed E-state index contributed by atoms with van der Waals surface area (Å²) in [4.78, 5) is 15.8. The maximum Gasteiger partial charge on any atom is 0.409 e. The Bertz CT molecular complexity index is 453. The Balaban J connectivity index is 1.96. The minimum absolute atomic E-state index is 0.211. The van der Waals surface area contributed by atoms with Crippen LogP contribution in [0.5, 0.6) is 0 Å². The normalized spacial score (nSPS) is 17.6. The summed E-state index contributed by atoms with van der Waals surface area (Å²) in [6.07, 6.45) is -0.211. The van der Waals surface area contributed by atoms with Crippen molar-refractivity contribution in [3.8, 4) is 0 Å². The summed E-state index contributed by atoms with van der Waals surface area (Å²) < 4.78 is 5.04. The zero-order valence-electron chi connectivity index (χ0n) is 12.9. The smallest absolute Gasteiger partial charge is 0.409 e. The summed E-state index contributed by atoms with van der Waals surface area (Å²) >= 11 is 0. The lowest BCUT2D eigenvalue weighted by atomic mass is 10.0. The van der Waals surface area contributed by atoms with Crippen LogP contribution in [0.4, 0.5) is 4.79 Å². The summed E-state index contributed by atoms with van der Waals surface area (Å²) in [5.74, 6) is 0. The highest BCUT2D eigenvalue weighted by atomic mass is 16.6. The number of ether oxygens (including phenoxy) is 1. The quantitative estimate of drug-likeness (QED) is 0.918. The van der Waals surface area contributed by atoms with Crippen LogP contribution in [0.2, 0.25) is 0 Å². The van der Waals surface area contributed by atoms with Crippen LogP contribution in [-0.4, -0.2) is 55.2 Å². The molecule has 5 nitrogen and oxygen atoms in total. The molecule has 1 amide bonds. The number of aryl methyl sites for hydroxylation is 1. The molecule has 116 valence electrons. The third-order valence-corrected chi connectivity index (χ3v) is 3.97. The number of hydrogen-bond donors (Lipinski definition) is 1. The summed E-state index contributed by atoms with van der Waals surface area (Å²) in [5.41, 5.74) is 8.46. The zero-order valence-corrected chi connectivity index (χ0v) is 12.9. The molecule has 5 heteroatoms. The molecule has 1 aliphatic rings. The number of carbonyl (C=O) groups is 1. The first-order valence-electron chi connectivity index (χ1n) is 7.58. The molecule has 1 aromatic rings. The number of hydrogen-bond acceptors (Lipinski definition) is 4. The highest BCUT2D eigenvalue weighted by Crippen LogP contribution is 2.21. The molecular weight excluding hydrogens is 266 g/mol. The van der Waals surface area contributed by atoms with E-state index in [4.69, 9.17) is 10.5 Å². The van der Waals surface area contributed by atoms with Gasteiger partial charge in [-0.05, 0) is 19.4 Å². The van der Waals surface area contributed by atoms with Gasteiger partial charge < -0.3 is 15.4 Å². The molecule has 1 heterocycles. The van der Waals surface area contributed by atoms with Gasteiger partial charge in [-0.3, -0.25) is 4.90 Å². The molecule has 1 aliphatic heterocycles. The maximum atomic E-state index is 11.7. The molecule has 0 spiro atoms. The fourth-order valence-electron chi connectivity index (χ4n) is 2.72. The monoisotopic (exact) mass is 291 g/mol. The van der Waals surface area contributed by atoms with Crippen LogP contribution < -0.4 is 5.73 Å². The van der Waals surface area contributed by atoms with Gasteiger partial charge in [0.2, 0.25) is 0 Å². The van der Waals surface area contributed by atoms with Crippen LogP contribution in [0.3, 0.4) is 0 Å². The fraction of sp³-hybridized carbons (Fsp3) is 0.562. The fourth-order valence-corrected chi connectivity index (χ4v) is 2.72. The SMILES string of the molecule is CCOC(=O)N1CCN(C(CN)c2ccc(C)cc2)CC1. The zero-order chi connectivity index (χ0) is 15.2. The highest BCUT2D eigenvalue weighted by Gasteiger charge is 2.26. The van der Waals surface area contributed by atoms with Crippen molar-refractivity contribution in [3.63, 3.8) is 0 Å². The molecule has 1 fully saturated rings. The van der Waals surface area contributed by atoms with E-state index in [1.165, 1.54) is 11.1 Å². The van der Waals surface area contributed by atoms with Gasteiger partial charge in [0, 0.05) is 38.8 Å². The van der Waals surface area contributed by atoms with E-state index in [0.717, 1.165) is 13.1 Å². The molecular formula is C16H25N3O2. The average Bonchev–Trinajstić information content (AvgIpc) is 2.51. The van der Waals surface area contributed by atoms with Crippen molar-refractivity contribution < 1.29 is 9.53 Å². The van der Waals surface area contributed by atoms with Gasteiger partial charge in [0.25, 0.3) is 0 Å². The highest BCUT2D eigenvalue weighted by molar-refractivity contribution is 5.67. The second-order valence-corrected chi connectivity index (χ2v) is 5.38. The van der Waals surface area contributed by atoms with Crippen LogP contribution in [0.15, 0.2) is 24.3 Å². The van der Waals surface area contributed by atoms with Gasteiger partial charge in [-0.25, -0.2) is 4.79 Å². The number of rotatable bonds is 4. The molecule has 1 saturated heterocycles. The third kappa shape index (κ3) is 3.95. The molecule has 0 aliphatic carbocycles. The van der Waals surface area contributed by atoms with Crippen molar-refractivity contribution in [2.75, 3.05) is 39.3 Å². The lowest BCUT2D eigenvalue weighted by Gasteiger charge is -2.38. The largest absolute Gasteiger partial charge is 0.450 e. The Morgan fingerprint density at radius 1 is 1.24 bits per heavy atom. The second-order valence-electron chi connectivity index (χ2n) is 5.38. The van der Waals surface area contributed by atoms with E-state index in [9.17, 15) is 4.79 Å². The Kier molecular flexibility index (Phi) is 5.59. The summed E-state index contributed by atoms with van der Waals surface area (Å²) in [7, 11) is 0. The van der Waals surface area contributed by atoms with Crippen LogP contribution in [0.1, 0.15) is 24.1 Å². The summed E-state index contributed by atoms with van der Waals surface area (Å²) in [6, 6.07) is 8.74. The topological polar surface area (TPSA) is 58.8 Å². The van der Waals surface area contributed by atoms with Gasteiger partial charge in [-0.2, -0.15) is 0 Å². The molecule has 0 radical (unpaired) electrons. The maximum absolute atomic E-state index is 11.7. The van der Waals surface area contributed by atoms with Gasteiger partial charge in [0.15, 0.2) is 0 Å². The summed E-state index contributed by atoms with van der Waals surface area (Å²) in [6.45, 7) is 7.97.